The van der Waals surface area contributed by atoms with Gasteiger partial charge in [-0.15, -0.1) is 10.2 Å². The smallest absolute Gasteiger partial charge is 0.272 e. The highest BCUT2D eigenvalue weighted by atomic mass is 16.5. The van der Waals surface area contributed by atoms with Crippen LogP contribution in [-0.4, -0.2) is 31.9 Å². The molecule has 6 heteroatoms. The average molecular weight is 331 g/mol. The minimum Gasteiger partial charge on any atom is -0.497 e. The van der Waals surface area contributed by atoms with Crippen molar-refractivity contribution in [1.29, 1.82) is 0 Å². The van der Waals surface area contributed by atoms with Gasteiger partial charge in [0.2, 0.25) is 0 Å². The number of ether oxygens (including phenoxy) is 1. The van der Waals surface area contributed by atoms with Crippen molar-refractivity contribution in [2.75, 3.05) is 7.11 Å². The predicted molar refractivity (Wildman–Crippen MR) is 95.5 cm³/mol. The first kappa shape index (κ1) is 15.3. The first-order valence-corrected chi connectivity index (χ1v) is 7.96. The number of methoxy groups -OCH3 is 1. The molecule has 2 aromatic carbocycles. The fourth-order valence-corrected chi connectivity index (χ4v) is 2.74. The second kappa shape index (κ2) is 5.98. The fourth-order valence-electron chi connectivity index (χ4n) is 2.74. The first-order valence-electron chi connectivity index (χ1n) is 7.96. The van der Waals surface area contributed by atoms with Crippen molar-refractivity contribution in [2.45, 2.75) is 13.8 Å². The van der Waals surface area contributed by atoms with E-state index in [0.29, 0.717) is 11.6 Å². The number of hydrogen-bond acceptors (Lipinski definition) is 5. The largest absolute Gasteiger partial charge is 0.497 e. The van der Waals surface area contributed by atoms with Crippen LogP contribution in [0.5, 0.6) is 5.75 Å². The Hall–Kier alpha value is -3.28. The highest BCUT2D eigenvalue weighted by Crippen LogP contribution is 2.24. The quantitative estimate of drug-likeness (QED) is 0.575. The number of aryl methyl sites for hydroxylation is 2. The van der Waals surface area contributed by atoms with Crippen molar-refractivity contribution in [1.82, 2.24) is 24.8 Å². The molecule has 0 bridgehead atoms. The molecule has 0 saturated carbocycles. The number of benzene rings is 2. The van der Waals surface area contributed by atoms with Crippen LogP contribution in [0.2, 0.25) is 0 Å². The third-order valence-electron chi connectivity index (χ3n) is 4.16. The fraction of sp³-hybridized carbons (Fsp3) is 0.158. The van der Waals surface area contributed by atoms with Crippen molar-refractivity contribution in [3.63, 3.8) is 0 Å². The maximum absolute atomic E-state index is 5.19. The molecule has 0 unspecified atom stereocenters. The molecule has 0 amide bonds. The van der Waals surface area contributed by atoms with Crippen molar-refractivity contribution in [2.24, 2.45) is 0 Å². The van der Waals surface area contributed by atoms with Crippen molar-refractivity contribution in [3.05, 3.63) is 59.8 Å². The monoisotopic (exact) mass is 331 g/mol. The molecule has 6 nitrogen and oxygen atoms in total. The number of nitrogens with zero attached hydrogens (tertiary/aromatic N) is 5. The minimum atomic E-state index is 0.476. The summed E-state index contributed by atoms with van der Waals surface area (Å²) < 4.78 is 6.86. The molecule has 0 spiro atoms. The number of aromatic nitrogens is 5. The SMILES string of the molecule is COc1ccc(-c2cnn3c(-c4cc(C)ccc4C)nnc3n2)cc1. The normalized spacial score (nSPS) is 11.0. The van der Waals surface area contributed by atoms with Crippen molar-refractivity contribution >= 4 is 5.78 Å². The van der Waals surface area contributed by atoms with Gasteiger partial charge in [0.05, 0.1) is 19.0 Å². The lowest BCUT2D eigenvalue weighted by molar-refractivity contribution is 0.415. The van der Waals surface area contributed by atoms with Crippen LogP contribution >= 0.6 is 0 Å². The Kier molecular flexibility index (Phi) is 3.65. The van der Waals surface area contributed by atoms with E-state index in [9.17, 15) is 0 Å². The molecule has 0 radical (unpaired) electrons. The van der Waals surface area contributed by atoms with E-state index >= 15 is 0 Å². The molecular weight excluding hydrogens is 314 g/mol. The predicted octanol–water partition coefficient (Wildman–Crippen LogP) is 3.48. The molecule has 0 aliphatic rings. The third kappa shape index (κ3) is 2.71. The van der Waals surface area contributed by atoms with E-state index in [1.165, 1.54) is 5.56 Å². The summed E-state index contributed by atoms with van der Waals surface area (Å²) in [7, 11) is 1.64. The van der Waals surface area contributed by atoms with Gasteiger partial charge in [0.1, 0.15) is 5.75 Å². The Morgan fingerprint density at radius 3 is 2.52 bits per heavy atom. The van der Waals surface area contributed by atoms with Gasteiger partial charge in [0, 0.05) is 11.1 Å². The van der Waals surface area contributed by atoms with Crippen LogP contribution < -0.4 is 4.74 Å². The van der Waals surface area contributed by atoms with E-state index in [-0.39, 0.29) is 0 Å². The molecule has 0 fully saturated rings. The summed E-state index contributed by atoms with van der Waals surface area (Å²) in [4.78, 5) is 4.59. The molecule has 25 heavy (non-hydrogen) atoms. The molecule has 2 heterocycles. The zero-order valence-electron chi connectivity index (χ0n) is 14.3. The summed E-state index contributed by atoms with van der Waals surface area (Å²) in [5.74, 6) is 1.98. The highest BCUT2D eigenvalue weighted by molar-refractivity contribution is 5.65. The van der Waals surface area contributed by atoms with Gasteiger partial charge in [-0.3, -0.25) is 0 Å². The summed E-state index contributed by atoms with van der Waals surface area (Å²) in [5.41, 5.74) is 5.00. The molecule has 4 aromatic rings. The van der Waals surface area contributed by atoms with Gasteiger partial charge in [-0.2, -0.15) is 9.61 Å². The molecular formula is C19H17N5O. The standard InChI is InChI=1S/C19H17N5O/c1-12-4-5-13(2)16(10-12)18-22-23-19-21-17(11-20-24(18)19)14-6-8-15(25-3)9-7-14/h4-11H,1-3H3. The second-order valence-corrected chi connectivity index (χ2v) is 5.92. The Morgan fingerprint density at radius 2 is 1.76 bits per heavy atom. The lowest BCUT2D eigenvalue weighted by Gasteiger charge is -2.06. The Balaban J connectivity index is 1.79. The molecule has 0 aliphatic carbocycles. The van der Waals surface area contributed by atoms with E-state index < -0.39 is 0 Å². The van der Waals surface area contributed by atoms with Crippen molar-refractivity contribution in [3.8, 4) is 28.4 Å². The van der Waals surface area contributed by atoms with Gasteiger partial charge in [0.25, 0.3) is 5.78 Å². The van der Waals surface area contributed by atoms with Crippen LogP contribution in [0.4, 0.5) is 0 Å². The van der Waals surface area contributed by atoms with E-state index in [1.54, 1.807) is 17.8 Å². The zero-order valence-corrected chi connectivity index (χ0v) is 14.3. The summed E-state index contributed by atoms with van der Waals surface area (Å²) >= 11 is 0. The second-order valence-electron chi connectivity index (χ2n) is 5.92. The van der Waals surface area contributed by atoms with Gasteiger partial charge >= 0.3 is 0 Å². The average Bonchev–Trinajstić information content (AvgIpc) is 3.07. The molecule has 124 valence electrons. The van der Waals surface area contributed by atoms with Crippen LogP contribution in [0.25, 0.3) is 28.4 Å². The van der Waals surface area contributed by atoms with E-state index in [2.05, 4.69) is 52.3 Å². The van der Waals surface area contributed by atoms with E-state index in [1.807, 2.05) is 24.3 Å². The molecule has 4 rings (SSSR count). The topological polar surface area (TPSA) is 65.2 Å². The van der Waals surface area contributed by atoms with Gasteiger partial charge in [-0.1, -0.05) is 17.7 Å². The number of fused-ring (bicyclic) bond motifs is 1. The maximum atomic E-state index is 5.19. The Morgan fingerprint density at radius 1 is 0.960 bits per heavy atom. The van der Waals surface area contributed by atoms with E-state index in [4.69, 9.17) is 4.74 Å². The van der Waals surface area contributed by atoms with E-state index in [0.717, 1.165) is 28.1 Å². The van der Waals surface area contributed by atoms with Crippen LogP contribution in [0.1, 0.15) is 11.1 Å². The van der Waals surface area contributed by atoms with Gasteiger partial charge in [0.15, 0.2) is 5.82 Å². The first-order chi connectivity index (χ1) is 12.2. The van der Waals surface area contributed by atoms with Crippen LogP contribution in [0.3, 0.4) is 0 Å². The lowest BCUT2D eigenvalue weighted by atomic mass is 10.1. The lowest BCUT2D eigenvalue weighted by Crippen LogP contribution is -1.99. The van der Waals surface area contributed by atoms with Gasteiger partial charge in [-0.05, 0) is 49.7 Å². The van der Waals surface area contributed by atoms with Crippen molar-refractivity contribution < 1.29 is 4.74 Å². The molecule has 0 N–H and O–H groups in total. The summed E-state index contributed by atoms with van der Waals surface area (Å²) in [5, 5.41) is 13.0. The molecule has 0 aliphatic heterocycles. The highest BCUT2D eigenvalue weighted by Gasteiger charge is 2.13. The van der Waals surface area contributed by atoms with Crippen LogP contribution in [0, 0.1) is 13.8 Å². The molecule has 0 atom stereocenters. The van der Waals surface area contributed by atoms with Gasteiger partial charge in [-0.25, -0.2) is 4.98 Å². The summed E-state index contributed by atoms with van der Waals surface area (Å²) in [6, 6.07) is 13.9. The number of hydrogen-bond donors (Lipinski definition) is 0. The summed E-state index contributed by atoms with van der Waals surface area (Å²) in [6.07, 6.45) is 1.73. The molecule has 2 aromatic heterocycles. The third-order valence-corrected chi connectivity index (χ3v) is 4.16. The van der Waals surface area contributed by atoms with Crippen LogP contribution in [0.15, 0.2) is 48.7 Å². The van der Waals surface area contributed by atoms with Gasteiger partial charge < -0.3 is 4.74 Å². The summed E-state index contributed by atoms with van der Waals surface area (Å²) in [6.45, 7) is 4.11. The number of rotatable bonds is 3. The Bertz CT molecular complexity index is 1050. The minimum absolute atomic E-state index is 0.476. The van der Waals surface area contributed by atoms with Crippen LogP contribution in [-0.2, 0) is 0 Å². The zero-order chi connectivity index (χ0) is 17.4. The molecule has 0 saturated heterocycles. The Labute approximate surface area is 145 Å². The maximum Gasteiger partial charge on any atom is 0.272 e.